The number of amides is 4. The van der Waals surface area contributed by atoms with Gasteiger partial charge in [0.05, 0.1) is 15.7 Å². The lowest BCUT2D eigenvalue weighted by molar-refractivity contribution is -0.134. The van der Waals surface area contributed by atoms with Gasteiger partial charge in [0.15, 0.2) is 0 Å². The van der Waals surface area contributed by atoms with E-state index >= 15 is 0 Å². The summed E-state index contributed by atoms with van der Waals surface area (Å²) in [7, 11) is 0. The average Bonchev–Trinajstić information content (AvgIpc) is 3.08. The number of halogens is 2. The van der Waals surface area contributed by atoms with Gasteiger partial charge in [-0.2, -0.15) is 0 Å². The second-order valence-corrected chi connectivity index (χ2v) is 7.96. The molecule has 2 heterocycles. The Hall–Kier alpha value is -2.57. The third-order valence-corrected chi connectivity index (χ3v) is 5.83. The lowest BCUT2D eigenvalue weighted by atomic mass is 9.91. The Bertz CT molecular complexity index is 1010. The van der Waals surface area contributed by atoms with Crippen LogP contribution in [0.3, 0.4) is 0 Å². The molecule has 0 radical (unpaired) electrons. The zero-order chi connectivity index (χ0) is 20.1. The minimum atomic E-state index is -1.68. The van der Waals surface area contributed by atoms with Crippen LogP contribution in [0, 0.1) is 5.92 Å². The Morgan fingerprint density at radius 3 is 2.50 bits per heavy atom. The molecule has 4 amide bonds. The van der Waals surface area contributed by atoms with Crippen LogP contribution in [-0.4, -0.2) is 24.4 Å². The fourth-order valence-corrected chi connectivity index (χ4v) is 4.20. The van der Waals surface area contributed by atoms with Crippen molar-refractivity contribution in [1.82, 2.24) is 10.6 Å². The molecule has 4 rings (SSSR count). The fraction of sp³-hybridized carbons (Fsp3) is 0.250. The van der Waals surface area contributed by atoms with Gasteiger partial charge in [-0.3, -0.25) is 14.9 Å². The van der Waals surface area contributed by atoms with Crippen molar-refractivity contribution in [2.75, 3.05) is 11.4 Å². The van der Waals surface area contributed by atoms with Crippen LogP contribution in [-0.2, 0) is 21.5 Å². The van der Waals surface area contributed by atoms with Crippen molar-refractivity contribution in [3.63, 3.8) is 0 Å². The lowest BCUT2D eigenvalue weighted by Crippen LogP contribution is -2.52. The topological polar surface area (TPSA) is 78.5 Å². The first-order valence-corrected chi connectivity index (χ1v) is 9.57. The molecule has 2 atom stereocenters. The van der Waals surface area contributed by atoms with Crippen molar-refractivity contribution in [1.29, 1.82) is 0 Å². The molecule has 1 spiro atoms. The maximum absolute atomic E-state index is 13.2. The number of nitrogens with one attached hydrogen (secondary N) is 2. The number of para-hydroxylation sites is 1. The van der Waals surface area contributed by atoms with Crippen molar-refractivity contribution in [3.8, 4) is 0 Å². The van der Waals surface area contributed by atoms with Crippen LogP contribution in [0.4, 0.5) is 10.5 Å². The number of anilines is 1. The summed E-state index contributed by atoms with van der Waals surface area (Å²) in [4.78, 5) is 39.1. The molecule has 2 aliphatic heterocycles. The van der Waals surface area contributed by atoms with Gasteiger partial charge < -0.3 is 10.2 Å². The van der Waals surface area contributed by atoms with Crippen molar-refractivity contribution < 1.29 is 14.4 Å². The van der Waals surface area contributed by atoms with E-state index in [1.807, 2.05) is 19.1 Å². The maximum atomic E-state index is 13.2. The van der Waals surface area contributed by atoms with E-state index < -0.39 is 23.4 Å². The van der Waals surface area contributed by atoms with E-state index in [4.69, 9.17) is 23.2 Å². The van der Waals surface area contributed by atoms with Crippen LogP contribution in [0.1, 0.15) is 18.1 Å². The van der Waals surface area contributed by atoms with Gasteiger partial charge in [0.25, 0.3) is 11.8 Å². The predicted octanol–water partition coefficient (Wildman–Crippen LogP) is 3.25. The van der Waals surface area contributed by atoms with E-state index in [0.717, 1.165) is 5.56 Å². The second kappa shape index (κ2) is 6.79. The number of nitrogens with zero attached hydrogens (tertiary/aromatic N) is 1. The van der Waals surface area contributed by atoms with Gasteiger partial charge in [-0.1, -0.05) is 54.4 Å². The largest absolute Gasteiger partial charge is 0.323 e. The van der Waals surface area contributed by atoms with Gasteiger partial charge in [0.2, 0.25) is 5.54 Å². The Balaban J connectivity index is 1.61. The van der Waals surface area contributed by atoms with Crippen LogP contribution in [0.2, 0.25) is 10.0 Å². The number of hydrogen-bond acceptors (Lipinski definition) is 3. The molecule has 144 valence electrons. The molecular formula is C20H17Cl2N3O3. The number of benzene rings is 2. The summed E-state index contributed by atoms with van der Waals surface area (Å²) in [6.07, 6.45) is 0.675. The van der Waals surface area contributed by atoms with E-state index in [0.29, 0.717) is 34.3 Å². The normalized spacial score (nSPS) is 21.7. The van der Waals surface area contributed by atoms with Gasteiger partial charge >= 0.3 is 6.03 Å². The van der Waals surface area contributed by atoms with E-state index in [-0.39, 0.29) is 5.92 Å². The van der Waals surface area contributed by atoms with E-state index in [9.17, 15) is 14.4 Å². The summed E-state index contributed by atoms with van der Waals surface area (Å²) in [5, 5.41) is 5.69. The first-order chi connectivity index (χ1) is 13.3. The molecule has 1 fully saturated rings. The minimum absolute atomic E-state index is 0.0737. The third kappa shape index (κ3) is 2.84. The summed E-state index contributed by atoms with van der Waals surface area (Å²) in [6.45, 7) is 2.40. The second-order valence-electron chi connectivity index (χ2n) is 7.15. The zero-order valence-electron chi connectivity index (χ0n) is 15.0. The molecular weight excluding hydrogens is 401 g/mol. The summed E-state index contributed by atoms with van der Waals surface area (Å²) in [5.41, 5.74) is 0.441. The Morgan fingerprint density at radius 2 is 1.82 bits per heavy atom. The highest BCUT2D eigenvalue weighted by molar-refractivity contribution is 6.42. The van der Waals surface area contributed by atoms with Gasteiger partial charge in [0.1, 0.15) is 0 Å². The average molecular weight is 418 g/mol. The van der Waals surface area contributed by atoms with Gasteiger partial charge in [-0.15, -0.1) is 0 Å². The molecule has 0 aromatic heterocycles. The van der Waals surface area contributed by atoms with Gasteiger partial charge in [-0.25, -0.2) is 4.79 Å². The molecule has 6 nitrogen and oxygen atoms in total. The summed E-state index contributed by atoms with van der Waals surface area (Å²) < 4.78 is 0. The van der Waals surface area contributed by atoms with Crippen molar-refractivity contribution in [2.24, 2.45) is 5.92 Å². The smallest absolute Gasteiger partial charge is 0.312 e. The van der Waals surface area contributed by atoms with Crippen LogP contribution in [0.25, 0.3) is 0 Å². The molecule has 0 aliphatic carbocycles. The molecule has 2 N–H and O–H groups in total. The number of imide groups is 1. The van der Waals surface area contributed by atoms with E-state index in [1.54, 1.807) is 35.2 Å². The maximum Gasteiger partial charge on any atom is 0.323 e. The Kier molecular flexibility index (Phi) is 4.56. The Morgan fingerprint density at radius 1 is 1.07 bits per heavy atom. The van der Waals surface area contributed by atoms with E-state index in [1.165, 1.54) is 0 Å². The quantitative estimate of drug-likeness (QED) is 0.591. The van der Waals surface area contributed by atoms with Crippen molar-refractivity contribution in [2.45, 2.75) is 18.9 Å². The number of hydrogen-bond donors (Lipinski definition) is 2. The predicted molar refractivity (Wildman–Crippen MR) is 106 cm³/mol. The summed E-state index contributed by atoms with van der Waals surface area (Å²) in [5.74, 6) is -1.02. The first kappa shape index (κ1) is 18.8. The molecule has 8 heteroatoms. The number of urea groups is 1. The standard InChI is InChI=1S/C20H17Cl2N3O3/c1-11(8-12-6-7-14(21)15(22)9-12)10-25-16-5-3-2-4-13(16)20(18(25)27)17(26)23-19(28)24-20/h2-7,9,11H,8,10H2,1H3,(H2,23,24,26,28). The molecule has 1 saturated heterocycles. The number of carbonyl (C=O) groups excluding carboxylic acids is 3. The lowest BCUT2D eigenvalue weighted by Gasteiger charge is -2.24. The van der Waals surface area contributed by atoms with Gasteiger partial charge in [-0.05, 0) is 36.1 Å². The first-order valence-electron chi connectivity index (χ1n) is 8.82. The van der Waals surface area contributed by atoms with Crippen LogP contribution < -0.4 is 15.5 Å². The minimum Gasteiger partial charge on any atom is -0.312 e. The highest BCUT2D eigenvalue weighted by atomic mass is 35.5. The fourth-order valence-electron chi connectivity index (χ4n) is 3.88. The molecule has 2 unspecified atom stereocenters. The van der Waals surface area contributed by atoms with Crippen LogP contribution in [0.15, 0.2) is 42.5 Å². The van der Waals surface area contributed by atoms with Crippen LogP contribution in [0.5, 0.6) is 0 Å². The molecule has 2 aromatic carbocycles. The third-order valence-electron chi connectivity index (χ3n) is 5.10. The zero-order valence-corrected chi connectivity index (χ0v) is 16.5. The molecule has 28 heavy (non-hydrogen) atoms. The number of rotatable bonds is 4. The molecule has 0 saturated carbocycles. The SMILES string of the molecule is CC(Cc1ccc(Cl)c(Cl)c1)CN1C(=O)C2(NC(=O)NC2=O)c2ccccc21. The molecule has 2 aromatic rings. The number of fused-ring (bicyclic) bond motifs is 2. The summed E-state index contributed by atoms with van der Waals surface area (Å²) in [6, 6.07) is 11.8. The summed E-state index contributed by atoms with van der Waals surface area (Å²) >= 11 is 12.1. The van der Waals surface area contributed by atoms with Gasteiger partial charge in [0, 0.05) is 12.1 Å². The highest BCUT2D eigenvalue weighted by Gasteiger charge is 2.61. The number of carbonyl (C=O) groups is 3. The molecule has 0 bridgehead atoms. The van der Waals surface area contributed by atoms with Crippen molar-refractivity contribution in [3.05, 3.63) is 63.6 Å². The monoisotopic (exact) mass is 417 g/mol. The van der Waals surface area contributed by atoms with E-state index in [2.05, 4.69) is 10.6 Å². The molecule has 2 aliphatic rings. The van der Waals surface area contributed by atoms with Crippen LogP contribution >= 0.6 is 23.2 Å². The van der Waals surface area contributed by atoms with Crippen molar-refractivity contribution >= 4 is 46.7 Å². The Labute approximate surface area is 171 Å². The highest BCUT2D eigenvalue weighted by Crippen LogP contribution is 2.42.